The van der Waals surface area contributed by atoms with Gasteiger partial charge >= 0.3 is 5.91 Å². The first-order chi connectivity index (χ1) is 13.5. The van der Waals surface area contributed by atoms with Crippen LogP contribution >= 0.6 is 0 Å². The van der Waals surface area contributed by atoms with Gasteiger partial charge in [-0.2, -0.15) is 5.10 Å². The zero-order valence-corrected chi connectivity index (χ0v) is 16.2. The van der Waals surface area contributed by atoms with Gasteiger partial charge < -0.3 is 18.6 Å². The normalized spacial score (nSPS) is 11.2. The molecule has 1 heterocycles. The molecule has 3 rings (SSSR count). The minimum atomic E-state index is -0.457. The number of hydrogen-bond acceptors (Lipinski definition) is 6. The van der Waals surface area contributed by atoms with Crippen molar-refractivity contribution < 1.29 is 23.4 Å². The van der Waals surface area contributed by atoms with Gasteiger partial charge in [0.1, 0.15) is 0 Å². The van der Waals surface area contributed by atoms with Gasteiger partial charge in [-0.15, -0.1) is 0 Å². The van der Waals surface area contributed by atoms with E-state index in [0.717, 1.165) is 10.9 Å². The van der Waals surface area contributed by atoms with Gasteiger partial charge in [-0.25, -0.2) is 5.43 Å². The Bertz CT molecular complexity index is 1010. The van der Waals surface area contributed by atoms with Gasteiger partial charge in [-0.05, 0) is 49.7 Å². The first-order valence-corrected chi connectivity index (χ1v) is 8.76. The molecule has 0 aliphatic heterocycles. The highest BCUT2D eigenvalue weighted by molar-refractivity contribution is 5.97. The maximum Gasteiger partial charge on any atom is 0.307 e. The van der Waals surface area contributed by atoms with Crippen LogP contribution in [0.1, 0.15) is 30.0 Å². The number of carbonyl (C=O) groups is 1. The van der Waals surface area contributed by atoms with E-state index in [0.29, 0.717) is 22.8 Å². The van der Waals surface area contributed by atoms with E-state index in [4.69, 9.17) is 18.6 Å². The monoisotopic (exact) mass is 382 g/mol. The third-order valence-electron chi connectivity index (χ3n) is 3.88. The Labute approximate surface area is 162 Å². The molecule has 0 saturated heterocycles. The van der Waals surface area contributed by atoms with Gasteiger partial charge in [0.15, 0.2) is 28.6 Å². The maximum atomic E-state index is 12.3. The summed E-state index contributed by atoms with van der Waals surface area (Å²) in [6.07, 6.45) is 1.55. The Kier molecular flexibility index (Phi) is 5.84. The standard InChI is InChI=1S/C21H22N2O5/c1-13(2)27-16-9-8-14(10-18(16)26-4)12-22-23-21(24)19-11-15-6-5-7-17(25-3)20(15)28-19/h5-13H,1-4H3,(H,23,24)/b22-12+. The number of rotatable bonds is 7. The Morgan fingerprint density at radius 1 is 1.07 bits per heavy atom. The number of fused-ring (bicyclic) bond motifs is 1. The zero-order chi connectivity index (χ0) is 20.1. The molecule has 0 saturated carbocycles. The lowest BCUT2D eigenvalue weighted by Gasteiger charge is -2.13. The number of nitrogens with zero attached hydrogens (tertiary/aromatic N) is 1. The fourth-order valence-corrected chi connectivity index (χ4v) is 2.65. The summed E-state index contributed by atoms with van der Waals surface area (Å²) in [7, 11) is 3.12. The van der Waals surface area contributed by atoms with E-state index >= 15 is 0 Å². The third kappa shape index (κ3) is 4.25. The van der Waals surface area contributed by atoms with E-state index in [1.54, 1.807) is 38.5 Å². The molecule has 7 nitrogen and oxygen atoms in total. The number of furan rings is 1. The molecule has 0 fully saturated rings. The molecule has 1 aromatic heterocycles. The molecule has 0 unspecified atom stereocenters. The topological polar surface area (TPSA) is 82.3 Å². The molecule has 1 N–H and O–H groups in total. The highest BCUT2D eigenvalue weighted by Crippen LogP contribution is 2.29. The van der Waals surface area contributed by atoms with Gasteiger partial charge in [0.05, 0.1) is 26.5 Å². The Balaban J connectivity index is 1.71. The smallest absolute Gasteiger partial charge is 0.307 e. The van der Waals surface area contributed by atoms with E-state index in [1.165, 1.54) is 6.21 Å². The van der Waals surface area contributed by atoms with E-state index in [-0.39, 0.29) is 11.9 Å². The molecule has 3 aromatic rings. The van der Waals surface area contributed by atoms with Crippen molar-refractivity contribution >= 4 is 23.1 Å². The third-order valence-corrected chi connectivity index (χ3v) is 3.88. The van der Waals surface area contributed by atoms with E-state index < -0.39 is 5.91 Å². The maximum absolute atomic E-state index is 12.3. The van der Waals surface area contributed by atoms with Gasteiger partial charge in [-0.1, -0.05) is 12.1 Å². The number of hydrogen-bond donors (Lipinski definition) is 1. The Morgan fingerprint density at radius 3 is 2.57 bits per heavy atom. The lowest BCUT2D eigenvalue weighted by atomic mass is 10.2. The summed E-state index contributed by atoms with van der Waals surface area (Å²) in [5.41, 5.74) is 3.72. The van der Waals surface area contributed by atoms with Gasteiger partial charge in [0.2, 0.25) is 0 Å². The number of nitrogens with one attached hydrogen (secondary N) is 1. The van der Waals surface area contributed by atoms with E-state index in [9.17, 15) is 4.79 Å². The second-order valence-electron chi connectivity index (χ2n) is 6.27. The molecule has 146 valence electrons. The first kappa shape index (κ1) is 19.3. The van der Waals surface area contributed by atoms with E-state index in [2.05, 4.69) is 10.5 Å². The average Bonchev–Trinajstić information content (AvgIpc) is 3.13. The lowest BCUT2D eigenvalue weighted by molar-refractivity contribution is 0.0929. The fraction of sp³-hybridized carbons (Fsp3) is 0.238. The van der Waals surface area contributed by atoms with Gasteiger partial charge in [0.25, 0.3) is 0 Å². The molecule has 0 atom stereocenters. The number of para-hydroxylation sites is 1. The number of methoxy groups -OCH3 is 2. The van der Waals surface area contributed by atoms with Crippen molar-refractivity contribution in [2.75, 3.05) is 14.2 Å². The molecule has 0 spiro atoms. The molecule has 0 aliphatic carbocycles. The first-order valence-electron chi connectivity index (χ1n) is 8.76. The quantitative estimate of drug-likeness (QED) is 0.493. The van der Waals surface area contributed by atoms with Crippen molar-refractivity contribution in [3.8, 4) is 17.2 Å². The predicted molar refractivity (Wildman–Crippen MR) is 107 cm³/mol. The van der Waals surface area contributed by atoms with E-state index in [1.807, 2.05) is 32.0 Å². The van der Waals surface area contributed by atoms with Crippen molar-refractivity contribution in [1.82, 2.24) is 5.43 Å². The van der Waals surface area contributed by atoms with Crippen LogP contribution in [-0.4, -0.2) is 32.4 Å². The predicted octanol–water partition coefficient (Wildman–Crippen LogP) is 4.00. The molecule has 0 radical (unpaired) electrons. The minimum absolute atomic E-state index is 0.0372. The van der Waals surface area contributed by atoms with Crippen molar-refractivity contribution in [3.05, 3.63) is 53.8 Å². The number of benzene rings is 2. The highest BCUT2D eigenvalue weighted by Gasteiger charge is 2.14. The summed E-state index contributed by atoms with van der Waals surface area (Å²) >= 11 is 0. The average molecular weight is 382 g/mol. The summed E-state index contributed by atoms with van der Waals surface area (Å²) in [6.45, 7) is 3.88. The second kappa shape index (κ2) is 8.47. The summed E-state index contributed by atoms with van der Waals surface area (Å²) in [5, 5.41) is 4.76. The van der Waals surface area contributed by atoms with Crippen LogP contribution in [0.2, 0.25) is 0 Å². The number of carbonyl (C=O) groups excluding carboxylic acids is 1. The van der Waals surface area contributed by atoms with Crippen LogP contribution in [0.4, 0.5) is 0 Å². The minimum Gasteiger partial charge on any atom is -0.493 e. The number of amides is 1. The SMILES string of the molecule is COc1cc(/C=N/NC(=O)c2cc3cccc(OC)c3o2)ccc1OC(C)C. The lowest BCUT2D eigenvalue weighted by Crippen LogP contribution is -2.16. The molecule has 7 heteroatoms. The molecule has 1 amide bonds. The molecular weight excluding hydrogens is 360 g/mol. The summed E-state index contributed by atoms with van der Waals surface area (Å²) < 4.78 is 21.8. The fourth-order valence-electron chi connectivity index (χ4n) is 2.65. The van der Waals surface area contributed by atoms with Crippen molar-refractivity contribution in [1.29, 1.82) is 0 Å². The largest absolute Gasteiger partial charge is 0.493 e. The van der Waals surface area contributed by atoms with Crippen LogP contribution in [0, 0.1) is 0 Å². The van der Waals surface area contributed by atoms with Crippen molar-refractivity contribution in [2.24, 2.45) is 5.10 Å². The Morgan fingerprint density at radius 2 is 1.86 bits per heavy atom. The van der Waals surface area contributed by atoms with Crippen molar-refractivity contribution in [3.63, 3.8) is 0 Å². The van der Waals surface area contributed by atoms with Crippen molar-refractivity contribution in [2.45, 2.75) is 20.0 Å². The van der Waals surface area contributed by atoms with Crippen LogP contribution in [0.3, 0.4) is 0 Å². The zero-order valence-electron chi connectivity index (χ0n) is 16.2. The highest BCUT2D eigenvalue weighted by atomic mass is 16.5. The number of hydrazone groups is 1. The van der Waals surface area contributed by atoms with Crippen LogP contribution in [-0.2, 0) is 0 Å². The molecule has 0 aliphatic rings. The van der Waals surface area contributed by atoms with Crippen LogP contribution in [0.15, 0.2) is 52.0 Å². The summed E-state index contributed by atoms with van der Waals surface area (Å²) in [6, 6.07) is 12.5. The Hall–Kier alpha value is -3.48. The van der Waals surface area contributed by atoms with Gasteiger partial charge in [-0.3, -0.25) is 4.79 Å². The summed E-state index contributed by atoms with van der Waals surface area (Å²) in [5.74, 6) is 1.50. The second-order valence-corrected chi connectivity index (χ2v) is 6.27. The molecule has 2 aromatic carbocycles. The van der Waals surface area contributed by atoms with Crippen LogP contribution in [0.25, 0.3) is 11.0 Å². The number of ether oxygens (including phenoxy) is 3. The molecule has 0 bridgehead atoms. The van der Waals surface area contributed by atoms with Gasteiger partial charge in [0, 0.05) is 5.39 Å². The van der Waals surface area contributed by atoms with Crippen LogP contribution < -0.4 is 19.6 Å². The summed E-state index contributed by atoms with van der Waals surface area (Å²) in [4.78, 5) is 12.3. The molecule has 28 heavy (non-hydrogen) atoms. The molecular formula is C21H22N2O5. The van der Waals surface area contributed by atoms with Crippen LogP contribution in [0.5, 0.6) is 17.2 Å².